The summed E-state index contributed by atoms with van der Waals surface area (Å²) in [6.07, 6.45) is 13.3. The van der Waals surface area contributed by atoms with Crippen LogP contribution in [0.2, 0.25) is 0 Å². The van der Waals surface area contributed by atoms with Crippen LogP contribution in [0.25, 0.3) is 0 Å². The van der Waals surface area contributed by atoms with E-state index < -0.39 is 70.2 Å². The summed E-state index contributed by atoms with van der Waals surface area (Å²) in [5, 5.41) is 16.5. The third-order valence-corrected chi connectivity index (χ3v) is 6.12. The molecule has 0 heterocycles. The SMILES string of the molecule is C[O-].C[O-].Fc1c(F)c(F)c2c(c1F)C1C=CC2C=C1.Fc1c(F)c(F)c2c(c1F)C1C=CC2C=C1.[Rh].[Rh]. The van der Waals surface area contributed by atoms with Gasteiger partial charge in [-0.3, -0.25) is 0 Å². The van der Waals surface area contributed by atoms with Crippen molar-refractivity contribution >= 4 is 0 Å². The van der Waals surface area contributed by atoms with E-state index >= 15 is 0 Å². The van der Waals surface area contributed by atoms with Crippen molar-refractivity contribution in [1.29, 1.82) is 0 Å². The molecule has 0 atom stereocenters. The van der Waals surface area contributed by atoms with Crippen molar-refractivity contribution < 1.29 is 84.3 Å². The molecule has 6 aliphatic carbocycles. The van der Waals surface area contributed by atoms with Gasteiger partial charge in [0.25, 0.3) is 0 Å². The van der Waals surface area contributed by atoms with Gasteiger partial charge in [-0.2, -0.15) is 14.2 Å². The van der Waals surface area contributed by atoms with Crippen LogP contribution in [-0.2, 0) is 39.0 Å². The standard InChI is InChI=1S/2C12H6F4.2CH3O.2Rh/c2*13-9-7-5-1-2-6(4-3-5)8(7)10(14)12(16)11(9)15;2*1-2;;/h2*1-6H;2*1H3;;/q;;2*-1;;. The van der Waals surface area contributed by atoms with E-state index in [1.807, 2.05) is 0 Å². The van der Waals surface area contributed by atoms with Crippen LogP contribution in [0, 0.1) is 46.5 Å². The molecule has 0 aromatic heterocycles. The van der Waals surface area contributed by atoms with Crippen molar-refractivity contribution in [1.82, 2.24) is 0 Å². The van der Waals surface area contributed by atoms with Gasteiger partial charge in [-0.25, -0.2) is 35.1 Å². The molecule has 0 unspecified atom stereocenters. The Morgan fingerprint density at radius 2 is 0.474 bits per heavy atom. The summed E-state index contributed by atoms with van der Waals surface area (Å²) >= 11 is 0. The number of halogens is 8. The first kappa shape index (κ1) is 34.0. The van der Waals surface area contributed by atoms with Crippen LogP contribution >= 0.6 is 0 Å². The Morgan fingerprint density at radius 3 is 0.605 bits per heavy atom. The third kappa shape index (κ3) is 5.51. The van der Waals surface area contributed by atoms with Gasteiger partial charge in [-0.05, 0) is 0 Å². The van der Waals surface area contributed by atoms with E-state index in [0.29, 0.717) is 0 Å². The molecule has 0 spiro atoms. The molecule has 0 amide bonds. The average Bonchev–Trinajstić information content (AvgIpc) is 2.95. The fourth-order valence-corrected chi connectivity index (χ4v) is 4.62. The second-order valence-corrected chi connectivity index (χ2v) is 7.81. The molecule has 2 aromatic rings. The molecule has 38 heavy (non-hydrogen) atoms. The van der Waals surface area contributed by atoms with Crippen LogP contribution in [0.5, 0.6) is 0 Å². The Bertz CT molecular complexity index is 1090. The molecule has 4 bridgehead atoms. The van der Waals surface area contributed by atoms with Gasteiger partial charge in [0.05, 0.1) is 0 Å². The number of hydrogen-bond acceptors (Lipinski definition) is 2. The molecule has 210 valence electrons. The minimum absolute atomic E-state index is 0. The summed E-state index contributed by atoms with van der Waals surface area (Å²) in [5.74, 6) is -14.0. The maximum atomic E-state index is 13.5. The largest absolute Gasteiger partial charge is 0.857 e. The second-order valence-electron chi connectivity index (χ2n) is 7.81. The first-order valence-corrected chi connectivity index (χ1v) is 10.5. The van der Waals surface area contributed by atoms with E-state index in [0.717, 1.165) is 14.2 Å². The molecule has 2 radical (unpaired) electrons. The van der Waals surface area contributed by atoms with Crippen LogP contribution in [0.15, 0.2) is 48.6 Å². The smallest absolute Gasteiger partial charge is 0.197 e. The van der Waals surface area contributed by atoms with Crippen LogP contribution < -0.4 is 10.2 Å². The van der Waals surface area contributed by atoms with E-state index in [1.165, 1.54) is 0 Å². The van der Waals surface area contributed by atoms with Gasteiger partial charge in [0.15, 0.2) is 46.5 Å². The molecular weight excluding hydrogens is 702 g/mol. The second kappa shape index (κ2) is 13.9. The molecule has 6 aliphatic rings. The quantitative estimate of drug-likeness (QED) is 0.126. The summed E-state index contributed by atoms with van der Waals surface area (Å²) in [4.78, 5) is 0. The zero-order chi connectivity index (χ0) is 26.9. The number of rotatable bonds is 0. The summed E-state index contributed by atoms with van der Waals surface area (Å²) in [5.41, 5.74) is -0.310. The molecule has 2 nitrogen and oxygen atoms in total. The van der Waals surface area contributed by atoms with Gasteiger partial charge in [0.1, 0.15) is 0 Å². The number of allylic oxidation sites excluding steroid dienone is 8. The van der Waals surface area contributed by atoms with E-state index in [4.69, 9.17) is 10.2 Å². The monoisotopic (exact) mass is 720 g/mol. The molecule has 0 fully saturated rings. The Morgan fingerprint density at radius 1 is 0.342 bits per heavy atom. The van der Waals surface area contributed by atoms with Gasteiger partial charge >= 0.3 is 0 Å². The van der Waals surface area contributed by atoms with Crippen LogP contribution in [0.3, 0.4) is 0 Å². The first-order chi connectivity index (χ1) is 17.2. The summed E-state index contributed by atoms with van der Waals surface area (Å²) in [7, 11) is 1.50. The zero-order valence-corrected chi connectivity index (χ0v) is 22.7. The van der Waals surface area contributed by atoms with Crippen molar-refractivity contribution in [2.75, 3.05) is 14.2 Å². The van der Waals surface area contributed by atoms with Crippen molar-refractivity contribution in [3.63, 3.8) is 0 Å². The summed E-state index contributed by atoms with van der Waals surface area (Å²) < 4.78 is 106. The van der Waals surface area contributed by atoms with Gasteiger partial charge in [0.2, 0.25) is 0 Å². The minimum Gasteiger partial charge on any atom is -0.857 e. The van der Waals surface area contributed by atoms with Crippen LogP contribution in [-0.4, -0.2) is 14.2 Å². The molecule has 8 rings (SSSR count). The van der Waals surface area contributed by atoms with Crippen molar-refractivity contribution in [3.05, 3.63) is 117 Å². The predicted molar refractivity (Wildman–Crippen MR) is 112 cm³/mol. The van der Waals surface area contributed by atoms with Crippen molar-refractivity contribution in [3.8, 4) is 0 Å². The maximum Gasteiger partial charge on any atom is 0.197 e. The fourth-order valence-electron chi connectivity index (χ4n) is 4.62. The van der Waals surface area contributed by atoms with E-state index in [2.05, 4.69) is 0 Å². The molecule has 12 heteroatoms. The maximum absolute atomic E-state index is 13.5. The molecule has 0 aliphatic heterocycles. The summed E-state index contributed by atoms with van der Waals surface area (Å²) in [6, 6.07) is 0. The number of benzene rings is 2. The van der Waals surface area contributed by atoms with E-state index in [-0.39, 0.29) is 61.2 Å². The third-order valence-electron chi connectivity index (χ3n) is 6.12. The molecule has 0 saturated heterocycles. The zero-order valence-electron chi connectivity index (χ0n) is 19.4. The fraction of sp³-hybridized carbons (Fsp3) is 0.231. The van der Waals surface area contributed by atoms with Crippen molar-refractivity contribution in [2.45, 2.75) is 23.7 Å². The normalized spacial score (nSPS) is 21.4. The van der Waals surface area contributed by atoms with Gasteiger partial charge in [-0.1, -0.05) is 48.6 Å². The Balaban J connectivity index is 0.000000321. The van der Waals surface area contributed by atoms with E-state index in [1.54, 1.807) is 48.6 Å². The first-order valence-electron chi connectivity index (χ1n) is 10.5. The molecule has 0 N–H and O–H groups in total. The van der Waals surface area contributed by atoms with Gasteiger partial charge < -0.3 is 10.2 Å². The van der Waals surface area contributed by atoms with E-state index in [9.17, 15) is 35.1 Å². The topological polar surface area (TPSA) is 46.1 Å². The average molecular weight is 720 g/mol. The number of hydrogen-bond donors (Lipinski definition) is 0. The van der Waals surface area contributed by atoms with Gasteiger partial charge in [0, 0.05) is 84.9 Å². The molecule has 2 aromatic carbocycles. The van der Waals surface area contributed by atoms with Crippen molar-refractivity contribution in [2.24, 2.45) is 0 Å². The minimum atomic E-state index is -1.73. The predicted octanol–water partition coefficient (Wildman–Crippen LogP) is 5.05. The Kier molecular flexibility index (Phi) is 12.4. The van der Waals surface area contributed by atoms with Gasteiger partial charge in [-0.15, -0.1) is 0 Å². The van der Waals surface area contributed by atoms with Crippen LogP contribution in [0.4, 0.5) is 35.1 Å². The van der Waals surface area contributed by atoms with Crippen LogP contribution in [0.1, 0.15) is 45.9 Å². The summed E-state index contributed by atoms with van der Waals surface area (Å²) in [6.45, 7) is 0. The molecular formula is C26H18F8O2Rh2-2. The Hall–Kier alpha value is -1.99. The molecule has 0 saturated carbocycles. The Labute approximate surface area is 239 Å².